The quantitative estimate of drug-likeness (QED) is 0.593. The summed E-state index contributed by atoms with van der Waals surface area (Å²) in [7, 11) is 1.57. The summed E-state index contributed by atoms with van der Waals surface area (Å²) >= 11 is 0. The van der Waals surface area contributed by atoms with Crippen LogP contribution in [0.2, 0.25) is 0 Å². The second-order valence-electron chi connectivity index (χ2n) is 5.49. The number of carbonyl (C=O) groups is 1. The molecule has 0 spiro atoms. The molecule has 1 amide bonds. The number of amides is 1. The van der Waals surface area contributed by atoms with Crippen molar-refractivity contribution in [3.05, 3.63) is 58.0 Å². The van der Waals surface area contributed by atoms with Crippen LogP contribution >= 0.6 is 0 Å². The van der Waals surface area contributed by atoms with Gasteiger partial charge in [0.05, 0.1) is 23.3 Å². The van der Waals surface area contributed by atoms with Crippen molar-refractivity contribution in [1.82, 2.24) is 4.90 Å². The molecule has 1 aromatic heterocycles. The maximum Gasteiger partial charge on any atom is 0.416 e. The molecule has 0 atom stereocenters. The molecule has 1 N–H and O–H groups in total. The third-order valence-electron chi connectivity index (χ3n) is 3.57. The molecule has 10 heteroatoms. The number of anilines is 1. The number of rotatable bonds is 7. The lowest BCUT2D eigenvalue weighted by Gasteiger charge is -2.16. The Bertz CT molecular complexity index is 776. The molecule has 0 unspecified atom stereocenters. The van der Waals surface area contributed by atoms with Crippen molar-refractivity contribution in [2.24, 2.45) is 0 Å². The fraction of sp³-hybridized carbons (Fsp3) is 0.312. The second kappa shape index (κ2) is 7.89. The van der Waals surface area contributed by atoms with Crippen LogP contribution < -0.4 is 5.32 Å². The lowest BCUT2D eigenvalue weighted by molar-refractivity contribution is -0.384. The number of nitrogens with zero attached hydrogens (tertiary/aromatic N) is 2. The van der Waals surface area contributed by atoms with E-state index in [-0.39, 0.29) is 31.1 Å². The third-order valence-corrected chi connectivity index (χ3v) is 3.57. The van der Waals surface area contributed by atoms with Crippen LogP contribution in [0.25, 0.3) is 0 Å². The van der Waals surface area contributed by atoms with E-state index in [1.165, 1.54) is 11.2 Å². The summed E-state index contributed by atoms with van der Waals surface area (Å²) in [5.74, 6) is 0.357. The van der Waals surface area contributed by atoms with E-state index < -0.39 is 22.4 Å². The number of halogens is 3. The minimum Gasteiger partial charge on any atom is -0.467 e. The van der Waals surface area contributed by atoms with Crippen molar-refractivity contribution < 1.29 is 27.3 Å². The molecular weight excluding hydrogens is 355 g/mol. The van der Waals surface area contributed by atoms with Gasteiger partial charge in [0.1, 0.15) is 11.4 Å². The number of nitro benzene ring substituents is 1. The van der Waals surface area contributed by atoms with Crippen molar-refractivity contribution in [3.8, 4) is 0 Å². The number of alkyl halides is 3. The highest BCUT2D eigenvalue weighted by molar-refractivity contribution is 5.76. The molecule has 0 saturated carbocycles. The van der Waals surface area contributed by atoms with Crippen LogP contribution in [0, 0.1) is 10.1 Å². The van der Waals surface area contributed by atoms with Gasteiger partial charge >= 0.3 is 6.18 Å². The fourth-order valence-electron chi connectivity index (χ4n) is 2.23. The van der Waals surface area contributed by atoms with Crippen molar-refractivity contribution in [2.75, 3.05) is 18.9 Å². The molecule has 7 nitrogen and oxygen atoms in total. The number of hydrogen-bond donors (Lipinski definition) is 1. The molecule has 0 aliphatic rings. The second-order valence-corrected chi connectivity index (χ2v) is 5.49. The first-order valence-electron chi connectivity index (χ1n) is 7.54. The normalized spacial score (nSPS) is 11.2. The maximum absolute atomic E-state index is 12.7. The van der Waals surface area contributed by atoms with Crippen LogP contribution in [0.5, 0.6) is 0 Å². The Labute approximate surface area is 146 Å². The molecule has 0 bridgehead atoms. The minimum absolute atomic E-state index is 0.00931. The van der Waals surface area contributed by atoms with E-state index in [9.17, 15) is 28.1 Å². The van der Waals surface area contributed by atoms with E-state index in [0.717, 1.165) is 12.1 Å². The summed E-state index contributed by atoms with van der Waals surface area (Å²) in [6.07, 6.45) is -3.18. The molecule has 1 heterocycles. The van der Waals surface area contributed by atoms with E-state index in [0.29, 0.717) is 11.8 Å². The topological polar surface area (TPSA) is 88.6 Å². The van der Waals surface area contributed by atoms with Gasteiger partial charge in [-0.25, -0.2) is 0 Å². The molecule has 0 aliphatic carbocycles. The molecule has 1 aromatic carbocycles. The molecular formula is C16H16F3N3O4. The molecule has 2 aromatic rings. The number of carbonyl (C=O) groups excluding carboxylic acids is 1. The summed E-state index contributed by atoms with van der Waals surface area (Å²) in [5.41, 5.74) is -1.88. The SMILES string of the molecule is CN(Cc1ccco1)C(=O)CCNc1ccc(C(F)(F)F)cc1[N+](=O)[O-]. The van der Waals surface area contributed by atoms with Crippen molar-refractivity contribution >= 4 is 17.3 Å². The Morgan fingerprint density at radius 1 is 1.35 bits per heavy atom. The van der Waals surface area contributed by atoms with Gasteiger partial charge in [0.2, 0.25) is 5.91 Å². The predicted molar refractivity (Wildman–Crippen MR) is 86.4 cm³/mol. The van der Waals surface area contributed by atoms with Gasteiger partial charge in [-0.15, -0.1) is 0 Å². The average molecular weight is 371 g/mol. The van der Waals surface area contributed by atoms with Gasteiger partial charge in [-0.1, -0.05) is 0 Å². The van der Waals surface area contributed by atoms with E-state index >= 15 is 0 Å². The van der Waals surface area contributed by atoms with Gasteiger partial charge in [0.15, 0.2) is 0 Å². The zero-order valence-electron chi connectivity index (χ0n) is 13.7. The third kappa shape index (κ3) is 4.98. The van der Waals surface area contributed by atoms with Crippen molar-refractivity contribution in [2.45, 2.75) is 19.1 Å². The van der Waals surface area contributed by atoms with E-state index in [4.69, 9.17) is 4.42 Å². The van der Waals surface area contributed by atoms with Crippen LogP contribution in [-0.2, 0) is 17.5 Å². The molecule has 0 aliphatic heterocycles. The van der Waals surface area contributed by atoms with Crippen LogP contribution in [0.3, 0.4) is 0 Å². The Morgan fingerprint density at radius 3 is 2.65 bits per heavy atom. The Kier molecular flexibility index (Phi) is 5.86. The Balaban J connectivity index is 1.96. The molecule has 2 rings (SSSR count). The zero-order valence-corrected chi connectivity index (χ0v) is 13.7. The number of nitrogens with one attached hydrogen (secondary N) is 1. The zero-order chi connectivity index (χ0) is 19.3. The first-order chi connectivity index (χ1) is 12.2. The highest BCUT2D eigenvalue weighted by Gasteiger charge is 2.33. The average Bonchev–Trinajstić information content (AvgIpc) is 3.06. The molecule has 0 saturated heterocycles. The lowest BCUT2D eigenvalue weighted by Crippen LogP contribution is -2.27. The Hall–Kier alpha value is -3.04. The number of nitro groups is 1. The summed E-state index contributed by atoms with van der Waals surface area (Å²) in [6, 6.07) is 5.61. The first kappa shape index (κ1) is 19.3. The van der Waals surface area contributed by atoms with E-state index in [1.54, 1.807) is 19.2 Å². The maximum atomic E-state index is 12.7. The minimum atomic E-state index is -4.67. The summed E-state index contributed by atoms with van der Waals surface area (Å²) in [5, 5.41) is 13.6. The lowest BCUT2D eigenvalue weighted by atomic mass is 10.1. The fourth-order valence-corrected chi connectivity index (χ4v) is 2.23. The molecule has 26 heavy (non-hydrogen) atoms. The summed E-state index contributed by atoms with van der Waals surface area (Å²) in [6.45, 7) is 0.305. The largest absolute Gasteiger partial charge is 0.467 e. The van der Waals surface area contributed by atoms with E-state index in [2.05, 4.69) is 5.32 Å². The van der Waals surface area contributed by atoms with Gasteiger partial charge in [-0.3, -0.25) is 14.9 Å². The van der Waals surface area contributed by atoms with Gasteiger partial charge < -0.3 is 14.6 Å². The van der Waals surface area contributed by atoms with Crippen molar-refractivity contribution in [3.63, 3.8) is 0 Å². The van der Waals surface area contributed by atoms with Gasteiger partial charge in [0, 0.05) is 26.1 Å². The van der Waals surface area contributed by atoms with Crippen molar-refractivity contribution in [1.29, 1.82) is 0 Å². The highest BCUT2D eigenvalue weighted by atomic mass is 19.4. The first-order valence-corrected chi connectivity index (χ1v) is 7.54. The van der Waals surface area contributed by atoms with Crippen LogP contribution in [0.15, 0.2) is 41.0 Å². The van der Waals surface area contributed by atoms with Crippen LogP contribution in [-0.4, -0.2) is 29.3 Å². The number of hydrogen-bond acceptors (Lipinski definition) is 5. The predicted octanol–water partition coefficient (Wildman–Crippen LogP) is 3.67. The van der Waals surface area contributed by atoms with E-state index in [1.807, 2.05) is 0 Å². The standard InChI is InChI=1S/C16H16F3N3O4/c1-21(10-12-3-2-8-26-12)15(23)6-7-20-13-5-4-11(16(17,18)19)9-14(13)22(24)25/h2-5,8-9,20H,6-7,10H2,1H3. The monoisotopic (exact) mass is 371 g/mol. The molecule has 140 valence electrons. The molecule has 0 radical (unpaired) electrons. The van der Waals surface area contributed by atoms with Gasteiger partial charge in [-0.2, -0.15) is 13.2 Å². The highest BCUT2D eigenvalue weighted by Crippen LogP contribution is 2.34. The van der Waals surface area contributed by atoms with Gasteiger partial charge in [-0.05, 0) is 24.3 Å². The summed E-state index contributed by atoms with van der Waals surface area (Å²) in [4.78, 5) is 23.5. The van der Waals surface area contributed by atoms with Crippen LogP contribution in [0.4, 0.5) is 24.5 Å². The Morgan fingerprint density at radius 2 is 2.08 bits per heavy atom. The van der Waals surface area contributed by atoms with Crippen LogP contribution in [0.1, 0.15) is 17.7 Å². The van der Waals surface area contributed by atoms with Gasteiger partial charge in [0.25, 0.3) is 5.69 Å². The summed E-state index contributed by atoms with van der Waals surface area (Å²) < 4.78 is 43.1. The number of furan rings is 1. The smallest absolute Gasteiger partial charge is 0.416 e. The molecule has 0 fully saturated rings. The number of benzene rings is 1.